The van der Waals surface area contributed by atoms with E-state index in [-0.39, 0.29) is 0 Å². The maximum absolute atomic E-state index is 4.52. The van der Waals surface area contributed by atoms with Crippen LogP contribution in [0.5, 0.6) is 0 Å². The summed E-state index contributed by atoms with van der Waals surface area (Å²) in [5, 5.41) is 10.00. The van der Waals surface area contributed by atoms with Crippen LogP contribution in [0.3, 0.4) is 0 Å². The van der Waals surface area contributed by atoms with Gasteiger partial charge in [0.1, 0.15) is 0 Å². The van der Waals surface area contributed by atoms with Crippen LogP contribution in [0.25, 0.3) is 5.69 Å². The molecule has 0 saturated carbocycles. The van der Waals surface area contributed by atoms with Crippen LogP contribution in [0.1, 0.15) is 24.2 Å². The Hall–Kier alpha value is -2.18. The Morgan fingerprint density at radius 2 is 1.69 bits per heavy atom. The second kappa shape index (κ2) is 8.47. The minimum atomic E-state index is 0.868. The van der Waals surface area contributed by atoms with Crippen LogP contribution in [-0.2, 0) is 13.0 Å². The van der Waals surface area contributed by atoms with Gasteiger partial charge in [0.05, 0.1) is 6.54 Å². The number of para-hydroxylation sites is 1. The molecule has 1 aliphatic heterocycles. The topological polar surface area (TPSA) is 46.8 Å². The van der Waals surface area contributed by atoms with Crippen molar-refractivity contribution in [2.75, 3.05) is 18.8 Å². The van der Waals surface area contributed by atoms with Gasteiger partial charge >= 0.3 is 0 Å². The van der Waals surface area contributed by atoms with Gasteiger partial charge in [-0.15, -0.1) is 10.2 Å². The first-order valence-electron chi connectivity index (χ1n) is 9.14. The molecule has 134 valence electrons. The predicted octanol–water partition coefficient (Wildman–Crippen LogP) is 3.59. The minimum absolute atomic E-state index is 0.868. The molecule has 0 spiro atoms. The van der Waals surface area contributed by atoms with Crippen molar-refractivity contribution in [2.45, 2.75) is 31.0 Å². The van der Waals surface area contributed by atoms with Crippen LogP contribution in [-0.4, -0.2) is 43.5 Å². The summed E-state index contributed by atoms with van der Waals surface area (Å²) in [5.41, 5.74) is 2.44. The first-order valence-corrected chi connectivity index (χ1v) is 10.1. The average Bonchev–Trinajstić information content (AvgIpc) is 3.34. The highest BCUT2D eigenvalue weighted by atomic mass is 32.2. The molecule has 1 fully saturated rings. The summed E-state index contributed by atoms with van der Waals surface area (Å²) in [5.74, 6) is 2.00. The van der Waals surface area contributed by atoms with Crippen LogP contribution >= 0.6 is 11.8 Å². The van der Waals surface area contributed by atoms with Crippen LogP contribution < -0.4 is 0 Å². The summed E-state index contributed by atoms with van der Waals surface area (Å²) in [7, 11) is 0. The Bertz CT molecular complexity index is 813. The normalized spacial score (nSPS) is 14.8. The van der Waals surface area contributed by atoms with Gasteiger partial charge in [-0.25, -0.2) is 0 Å². The number of hydrogen-bond acceptors (Lipinski definition) is 5. The third-order valence-corrected chi connectivity index (χ3v) is 5.58. The molecule has 26 heavy (non-hydrogen) atoms. The fourth-order valence-corrected chi connectivity index (χ4v) is 4.24. The van der Waals surface area contributed by atoms with E-state index in [1.165, 1.54) is 18.4 Å². The third-order valence-electron chi connectivity index (χ3n) is 4.65. The Kier molecular flexibility index (Phi) is 5.62. The highest BCUT2D eigenvalue weighted by Gasteiger charge is 2.19. The van der Waals surface area contributed by atoms with Crippen molar-refractivity contribution in [3.63, 3.8) is 0 Å². The van der Waals surface area contributed by atoms with Gasteiger partial charge < -0.3 is 0 Å². The lowest BCUT2D eigenvalue weighted by molar-refractivity contribution is 0.319. The molecule has 1 aromatic carbocycles. The molecule has 6 heteroatoms. The van der Waals surface area contributed by atoms with E-state index in [9.17, 15) is 0 Å². The van der Waals surface area contributed by atoms with Gasteiger partial charge in [-0.05, 0) is 62.2 Å². The molecule has 5 nitrogen and oxygen atoms in total. The maximum atomic E-state index is 4.52. The number of nitrogens with zero attached hydrogens (tertiary/aromatic N) is 5. The molecular weight excluding hydrogens is 342 g/mol. The summed E-state index contributed by atoms with van der Waals surface area (Å²) >= 11 is 1.77. The Labute approximate surface area is 158 Å². The highest BCUT2D eigenvalue weighted by Crippen LogP contribution is 2.24. The first kappa shape index (κ1) is 17.2. The van der Waals surface area contributed by atoms with Crippen LogP contribution in [0, 0.1) is 0 Å². The molecule has 1 saturated heterocycles. The van der Waals surface area contributed by atoms with Gasteiger partial charge in [-0.2, -0.15) is 0 Å². The molecule has 0 amide bonds. The summed E-state index contributed by atoms with van der Waals surface area (Å²) < 4.78 is 2.22. The number of aryl methyl sites for hydroxylation is 1. The van der Waals surface area contributed by atoms with Crippen molar-refractivity contribution >= 4 is 11.8 Å². The van der Waals surface area contributed by atoms with E-state index in [2.05, 4.69) is 61.0 Å². The molecule has 3 heterocycles. The molecule has 0 unspecified atom stereocenters. The molecule has 0 bridgehead atoms. The second-order valence-electron chi connectivity index (χ2n) is 6.51. The quantitative estimate of drug-likeness (QED) is 0.599. The predicted molar refractivity (Wildman–Crippen MR) is 105 cm³/mol. The van der Waals surface area contributed by atoms with Crippen molar-refractivity contribution < 1.29 is 0 Å². The lowest BCUT2D eigenvalue weighted by Gasteiger charge is -2.16. The smallest absolute Gasteiger partial charge is 0.195 e. The van der Waals surface area contributed by atoms with E-state index >= 15 is 0 Å². The fraction of sp³-hybridized carbons (Fsp3) is 0.350. The van der Waals surface area contributed by atoms with Crippen LogP contribution in [0.4, 0.5) is 0 Å². The number of thioether (sulfide) groups is 1. The second-order valence-corrected chi connectivity index (χ2v) is 7.57. The standard InChI is InChI=1S/C20H23N5S/c1-2-6-18(7-3-1)25-19(16-24-13-4-5-14-24)22-23-20(25)26-15-10-17-8-11-21-12-9-17/h1-3,6-9,11-12H,4-5,10,13-16H2. The number of hydrogen-bond donors (Lipinski definition) is 0. The van der Waals surface area contributed by atoms with Gasteiger partial charge in [-0.1, -0.05) is 30.0 Å². The molecule has 0 aliphatic carbocycles. The maximum Gasteiger partial charge on any atom is 0.195 e. The van der Waals surface area contributed by atoms with Gasteiger partial charge in [-0.3, -0.25) is 14.5 Å². The zero-order chi connectivity index (χ0) is 17.6. The molecule has 1 aliphatic rings. The third kappa shape index (κ3) is 4.14. The highest BCUT2D eigenvalue weighted by molar-refractivity contribution is 7.99. The lowest BCUT2D eigenvalue weighted by Crippen LogP contribution is -2.21. The van der Waals surface area contributed by atoms with Gasteiger partial charge in [0.2, 0.25) is 0 Å². The molecule has 0 radical (unpaired) electrons. The summed E-state index contributed by atoms with van der Waals surface area (Å²) in [4.78, 5) is 6.55. The SMILES string of the molecule is c1ccc(-n2c(CN3CCCC3)nnc2SCCc2ccncc2)cc1. The van der Waals surface area contributed by atoms with Crippen LogP contribution in [0.2, 0.25) is 0 Å². The van der Waals surface area contributed by atoms with E-state index in [0.717, 1.165) is 48.5 Å². The van der Waals surface area contributed by atoms with Crippen molar-refractivity contribution in [3.05, 3.63) is 66.2 Å². The number of likely N-dealkylation sites (tertiary alicyclic amines) is 1. The Balaban J connectivity index is 1.52. The average molecular weight is 366 g/mol. The van der Waals surface area contributed by atoms with Gasteiger partial charge in [0.25, 0.3) is 0 Å². The monoisotopic (exact) mass is 365 g/mol. The van der Waals surface area contributed by atoms with Crippen molar-refractivity contribution in [1.82, 2.24) is 24.6 Å². The Morgan fingerprint density at radius 1 is 0.923 bits per heavy atom. The van der Waals surface area contributed by atoms with E-state index in [1.54, 1.807) is 11.8 Å². The number of aromatic nitrogens is 4. The number of rotatable bonds is 7. The van der Waals surface area contributed by atoms with Crippen LogP contribution in [0.15, 0.2) is 60.0 Å². The molecule has 0 N–H and O–H groups in total. The summed E-state index contributed by atoms with van der Waals surface area (Å²) in [6.07, 6.45) is 7.26. The fourth-order valence-electron chi connectivity index (χ4n) is 3.28. The van der Waals surface area contributed by atoms with Crippen molar-refractivity contribution in [2.24, 2.45) is 0 Å². The van der Waals surface area contributed by atoms with Crippen molar-refractivity contribution in [1.29, 1.82) is 0 Å². The molecular formula is C20H23N5S. The minimum Gasteiger partial charge on any atom is -0.296 e. The van der Waals surface area contributed by atoms with E-state index in [4.69, 9.17) is 0 Å². The molecule has 0 atom stereocenters. The van der Waals surface area contributed by atoms with E-state index in [1.807, 2.05) is 18.5 Å². The lowest BCUT2D eigenvalue weighted by atomic mass is 10.2. The van der Waals surface area contributed by atoms with Crippen molar-refractivity contribution in [3.8, 4) is 5.69 Å². The van der Waals surface area contributed by atoms with Gasteiger partial charge in [0.15, 0.2) is 11.0 Å². The molecule has 4 rings (SSSR count). The number of pyridine rings is 1. The zero-order valence-electron chi connectivity index (χ0n) is 14.8. The zero-order valence-corrected chi connectivity index (χ0v) is 15.6. The largest absolute Gasteiger partial charge is 0.296 e. The summed E-state index contributed by atoms with van der Waals surface area (Å²) in [6, 6.07) is 14.6. The number of benzene rings is 1. The Morgan fingerprint density at radius 3 is 2.46 bits per heavy atom. The van der Waals surface area contributed by atoms with E-state index in [0.29, 0.717) is 0 Å². The van der Waals surface area contributed by atoms with E-state index < -0.39 is 0 Å². The first-order chi connectivity index (χ1) is 12.9. The molecule has 3 aromatic rings. The summed E-state index contributed by atoms with van der Waals surface area (Å²) in [6.45, 7) is 3.19. The van der Waals surface area contributed by atoms with Gasteiger partial charge in [0, 0.05) is 23.8 Å². The molecule has 2 aromatic heterocycles.